The van der Waals surface area contributed by atoms with Crippen molar-refractivity contribution in [2.45, 2.75) is 20.8 Å². The van der Waals surface area contributed by atoms with E-state index >= 15 is 0 Å². The predicted octanol–water partition coefficient (Wildman–Crippen LogP) is 1.02. The van der Waals surface area contributed by atoms with E-state index in [1.807, 2.05) is 13.8 Å². The van der Waals surface area contributed by atoms with Crippen LogP contribution < -0.4 is 4.72 Å². The highest BCUT2D eigenvalue weighted by Gasteiger charge is 2.27. The largest absolute Gasteiger partial charge is 0.295 e. The molecular weight excluding hydrogens is 226 g/mol. The smallest absolute Gasteiger partial charge is 0.216 e. The van der Waals surface area contributed by atoms with E-state index in [2.05, 4.69) is 11.3 Å². The summed E-state index contributed by atoms with van der Waals surface area (Å²) in [5.41, 5.74) is 1.85. The van der Waals surface area contributed by atoms with E-state index < -0.39 is 10.0 Å². The lowest BCUT2D eigenvalue weighted by atomic mass is 9.92. The van der Waals surface area contributed by atoms with Gasteiger partial charge in [0.1, 0.15) is 0 Å². The van der Waals surface area contributed by atoms with Crippen molar-refractivity contribution in [3.05, 3.63) is 23.3 Å². The number of rotatable bonds is 3. The quantitative estimate of drug-likeness (QED) is 0.805. The Balaban J connectivity index is 3.23. The molecule has 0 saturated heterocycles. The Bertz CT molecular complexity index is 458. The second-order valence-electron chi connectivity index (χ2n) is 4.27. The third-order valence-corrected chi connectivity index (χ3v) is 3.93. The normalized spacial score (nSPS) is 20.0. The molecule has 1 aliphatic rings. The molecule has 0 bridgehead atoms. The van der Waals surface area contributed by atoms with Gasteiger partial charge in [0, 0.05) is 12.1 Å². The molecule has 0 aromatic heterocycles. The molecule has 0 saturated carbocycles. The Hall–Kier alpha value is -0.940. The average Bonchev–Trinajstić information content (AvgIpc) is 2.14. The van der Waals surface area contributed by atoms with Gasteiger partial charge in [-0.25, -0.2) is 13.1 Å². The molecule has 0 unspecified atom stereocenters. The van der Waals surface area contributed by atoms with Crippen molar-refractivity contribution in [2.75, 3.05) is 12.3 Å². The Labute approximate surface area is 96.5 Å². The Morgan fingerprint density at radius 3 is 2.38 bits per heavy atom. The zero-order chi connectivity index (χ0) is 12.5. The average molecular weight is 243 g/mol. The lowest BCUT2D eigenvalue weighted by Gasteiger charge is -2.23. The second kappa shape index (κ2) is 4.51. The molecule has 0 spiro atoms. The van der Waals surface area contributed by atoms with Crippen LogP contribution in [0.5, 0.6) is 0 Å². The molecule has 0 fully saturated rings. The summed E-state index contributed by atoms with van der Waals surface area (Å²) in [6.07, 6.45) is 0. The van der Waals surface area contributed by atoms with Crippen molar-refractivity contribution in [3.8, 4) is 0 Å². The standard InChI is InChI=1S/C11H17NO3S/c1-7(2)8(3)11-6-16(14,15)12-5-10(11)9(4)13/h7,12H,3,5-6H2,1-2,4H3. The number of carbonyl (C=O) groups is 1. The lowest BCUT2D eigenvalue weighted by molar-refractivity contribution is -0.113. The summed E-state index contributed by atoms with van der Waals surface area (Å²) >= 11 is 0. The molecule has 1 N–H and O–H groups in total. The summed E-state index contributed by atoms with van der Waals surface area (Å²) in [7, 11) is -3.30. The van der Waals surface area contributed by atoms with Gasteiger partial charge in [-0.15, -0.1) is 0 Å². The van der Waals surface area contributed by atoms with Crippen LogP contribution in [0.4, 0.5) is 0 Å². The first-order valence-corrected chi connectivity index (χ1v) is 6.79. The summed E-state index contributed by atoms with van der Waals surface area (Å²) < 4.78 is 25.3. The summed E-state index contributed by atoms with van der Waals surface area (Å²) in [5.74, 6) is -0.101. The van der Waals surface area contributed by atoms with E-state index in [-0.39, 0.29) is 24.0 Å². The third-order valence-electron chi connectivity index (χ3n) is 2.68. The van der Waals surface area contributed by atoms with Crippen LogP contribution >= 0.6 is 0 Å². The first kappa shape index (κ1) is 13.1. The fourth-order valence-electron chi connectivity index (χ4n) is 1.59. The van der Waals surface area contributed by atoms with Gasteiger partial charge < -0.3 is 0 Å². The van der Waals surface area contributed by atoms with E-state index in [0.29, 0.717) is 11.1 Å². The van der Waals surface area contributed by atoms with Crippen LogP contribution in [0.3, 0.4) is 0 Å². The molecule has 4 nitrogen and oxygen atoms in total. The molecule has 16 heavy (non-hydrogen) atoms. The third kappa shape index (κ3) is 2.80. The number of ketones is 1. The lowest BCUT2D eigenvalue weighted by Crippen LogP contribution is -2.37. The van der Waals surface area contributed by atoms with Gasteiger partial charge in [0.05, 0.1) is 5.75 Å². The monoisotopic (exact) mass is 243 g/mol. The number of allylic oxidation sites excluding steroid dienone is 1. The van der Waals surface area contributed by atoms with Crippen LogP contribution in [0.15, 0.2) is 23.3 Å². The fourth-order valence-corrected chi connectivity index (χ4v) is 2.79. The van der Waals surface area contributed by atoms with E-state index in [1.54, 1.807) is 0 Å². The topological polar surface area (TPSA) is 63.2 Å². The minimum Gasteiger partial charge on any atom is -0.295 e. The van der Waals surface area contributed by atoms with Crippen LogP contribution in [0.1, 0.15) is 20.8 Å². The Morgan fingerprint density at radius 1 is 1.38 bits per heavy atom. The summed E-state index contributed by atoms with van der Waals surface area (Å²) in [6, 6.07) is 0. The second-order valence-corrected chi connectivity index (χ2v) is 6.08. The molecule has 0 radical (unpaired) electrons. The number of hydrogen-bond donors (Lipinski definition) is 1. The van der Waals surface area contributed by atoms with Gasteiger partial charge in [0.25, 0.3) is 0 Å². The van der Waals surface area contributed by atoms with Gasteiger partial charge in [-0.3, -0.25) is 4.79 Å². The van der Waals surface area contributed by atoms with Crippen molar-refractivity contribution in [1.82, 2.24) is 4.72 Å². The maximum Gasteiger partial charge on any atom is 0.216 e. The number of hydrogen-bond acceptors (Lipinski definition) is 3. The van der Waals surface area contributed by atoms with Gasteiger partial charge >= 0.3 is 0 Å². The van der Waals surface area contributed by atoms with Crippen molar-refractivity contribution in [2.24, 2.45) is 5.92 Å². The van der Waals surface area contributed by atoms with Gasteiger partial charge in [-0.1, -0.05) is 20.4 Å². The molecule has 1 aliphatic heterocycles. The highest BCUT2D eigenvalue weighted by atomic mass is 32.2. The van der Waals surface area contributed by atoms with Crippen LogP contribution in [-0.2, 0) is 14.8 Å². The van der Waals surface area contributed by atoms with Crippen LogP contribution in [0.25, 0.3) is 0 Å². The summed E-state index contributed by atoms with van der Waals surface area (Å²) in [5, 5.41) is 0. The minimum absolute atomic E-state index is 0.0821. The van der Waals surface area contributed by atoms with E-state index in [9.17, 15) is 13.2 Å². The van der Waals surface area contributed by atoms with Crippen LogP contribution in [0, 0.1) is 5.92 Å². The highest BCUT2D eigenvalue weighted by Crippen LogP contribution is 2.25. The van der Waals surface area contributed by atoms with E-state index in [1.165, 1.54) is 6.92 Å². The summed E-state index contributed by atoms with van der Waals surface area (Å²) in [4.78, 5) is 11.4. The number of Topliss-reactive ketones (excluding diaryl/α,β-unsaturated/α-hetero) is 1. The molecule has 0 aromatic carbocycles. The molecule has 90 valence electrons. The maximum atomic E-state index is 11.5. The zero-order valence-corrected chi connectivity index (χ0v) is 10.6. The molecule has 0 aromatic rings. The molecular formula is C11H17NO3S. The fraction of sp³-hybridized carbons (Fsp3) is 0.545. The Morgan fingerprint density at radius 2 is 1.94 bits per heavy atom. The van der Waals surface area contributed by atoms with Crippen LogP contribution in [0.2, 0.25) is 0 Å². The van der Waals surface area contributed by atoms with Crippen molar-refractivity contribution >= 4 is 15.8 Å². The first-order valence-electron chi connectivity index (χ1n) is 5.14. The van der Waals surface area contributed by atoms with Gasteiger partial charge in [-0.2, -0.15) is 0 Å². The van der Waals surface area contributed by atoms with Crippen molar-refractivity contribution < 1.29 is 13.2 Å². The SMILES string of the molecule is C=C(C1=C(C(C)=O)CNS(=O)(=O)C1)C(C)C. The van der Waals surface area contributed by atoms with Gasteiger partial charge in [0.2, 0.25) is 10.0 Å². The number of nitrogens with one attached hydrogen (secondary N) is 1. The van der Waals surface area contributed by atoms with E-state index in [4.69, 9.17) is 0 Å². The zero-order valence-electron chi connectivity index (χ0n) is 9.83. The molecule has 0 aliphatic carbocycles. The van der Waals surface area contributed by atoms with Crippen molar-refractivity contribution in [1.29, 1.82) is 0 Å². The first-order chi connectivity index (χ1) is 7.24. The molecule has 0 atom stereocenters. The highest BCUT2D eigenvalue weighted by molar-refractivity contribution is 7.89. The molecule has 1 heterocycles. The molecule has 0 amide bonds. The Kier molecular flexibility index (Phi) is 3.70. The van der Waals surface area contributed by atoms with Crippen LogP contribution in [-0.4, -0.2) is 26.5 Å². The van der Waals surface area contributed by atoms with E-state index in [0.717, 1.165) is 5.57 Å². The van der Waals surface area contributed by atoms with Gasteiger partial charge in [0.15, 0.2) is 5.78 Å². The molecule has 5 heteroatoms. The van der Waals surface area contributed by atoms with Gasteiger partial charge in [-0.05, 0) is 24.0 Å². The minimum atomic E-state index is -3.30. The van der Waals surface area contributed by atoms with Crippen molar-refractivity contribution in [3.63, 3.8) is 0 Å². The summed E-state index contributed by atoms with van der Waals surface area (Å²) in [6.45, 7) is 9.27. The number of carbonyl (C=O) groups excluding carboxylic acids is 1. The maximum absolute atomic E-state index is 11.5. The predicted molar refractivity (Wildman–Crippen MR) is 63.5 cm³/mol. The molecule has 1 rings (SSSR count). The number of sulfonamides is 1.